The van der Waals surface area contributed by atoms with Gasteiger partial charge in [0.25, 0.3) is 5.91 Å². The van der Waals surface area contributed by atoms with Crippen molar-refractivity contribution in [3.05, 3.63) is 60.4 Å². The third kappa shape index (κ3) is 6.23. The van der Waals surface area contributed by atoms with E-state index in [9.17, 15) is 14.4 Å². The van der Waals surface area contributed by atoms with Crippen LogP contribution >= 0.6 is 0 Å². The number of nitrogens with one attached hydrogen (secondary N) is 3. The fraction of sp³-hybridized carbons (Fsp3) is 0.360. The van der Waals surface area contributed by atoms with Crippen molar-refractivity contribution >= 4 is 29.2 Å². The summed E-state index contributed by atoms with van der Waals surface area (Å²) in [6.45, 7) is 5.48. The van der Waals surface area contributed by atoms with Crippen molar-refractivity contribution in [1.82, 2.24) is 30.2 Å². The van der Waals surface area contributed by atoms with Gasteiger partial charge in [0.1, 0.15) is 23.8 Å². The van der Waals surface area contributed by atoms with E-state index >= 15 is 0 Å². The normalized spacial score (nSPS) is 13.8. The molecule has 0 bridgehead atoms. The van der Waals surface area contributed by atoms with Crippen LogP contribution in [0.15, 0.2) is 49.1 Å². The Morgan fingerprint density at radius 3 is 2.33 bits per heavy atom. The Morgan fingerprint density at radius 1 is 0.972 bits per heavy atom. The molecule has 3 heterocycles. The number of anilines is 2. The molecule has 1 aliphatic rings. The van der Waals surface area contributed by atoms with E-state index in [-0.39, 0.29) is 23.6 Å². The van der Waals surface area contributed by atoms with Gasteiger partial charge in [-0.15, -0.1) is 0 Å². The van der Waals surface area contributed by atoms with Crippen molar-refractivity contribution in [1.29, 1.82) is 0 Å². The predicted octanol–water partition coefficient (Wildman–Crippen LogP) is 1.69. The molecule has 1 fully saturated rings. The molecule has 4 rings (SSSR count). The quantitative estimate of drug-likeness (QED) is 0.409. The molecule has 188 valence electrons. The number of hydrogen-bond donors (Lipinski definition) is 3. The first-order chi connectivity index (χ1) is 17.4. The zero-order valence-corrected chi connectivity index (χ0v) is 20.4. The van der Waals surface area contributed by atoms with E-state index in [0.29, 0.717) is 24.3 Å². The Morgan fingerprint density at radius 2 is 1.67 bits per heavy atom. The van der Waals surface area contributed by atoms with Crippen LogP contribution in [0.4, 0.5) is 11.5 Å². The zero-order valence-electron chi connectivity index (χ0n) is 20.4. The number of aryl methyl sites for hydroxylation is 1. The molecule has 1 saturated heterocycles. The smallest absolute Gasteiger partial charge is 0.251 e. The predicted molar refractivity (Wildman–Crippen MR) is 135 cm³/mol. The summed E-state index contributed by atoms with van der Waals surface area (Å²) in [6.07, 6.45) is 6.60. The number of benzene rings is 1. The highest BCUT2D eigenvalue weighted by molar-refractivity contribution is 5.95. The van der Waals surface area contributed by atoms with Crippen molar-refractivity contribution < 1.29 is 14.4 Å². The molecule has 3 amide bonds. The fourth-order valence-corrected chi connectivity index (χ4v) is 4.15. The standard InChI is InChI=1S/C25H30N8O3/c1-17-26-11-14-33(17)23-15-22(29-16-30-23)32-12-7-20(8-13-32)25(36)28-10-9-27-24(35)19-3-5-21(6-4-19)31-18(2)34/h3-6,11,14-16,20H,7-10,12-13H2,1-2H3,(H,27,35)(H,28,36)(H,31,34). The molecule has 0 radical (unpaired) electrons. The van der Waals surface area contributed by atoms with Crippen molar-refractivity contribution in [2.24, 2.45) is 5.92 Å². The Hall–Kier alpha value is -4.28. The summed E-state index contributed by atoms with van der Waals surface area (Å²) in [7, 11) is 0. The molecule has 36 heavy (non-hydrogen) atoms. The summed E-state index contributed by atoms with van der Waals surface area (Å²) in [5.41, 5.74) is 1.12. The maximum Gasteiger partial charge on any atom is 0.251 e. The van der Waals surface area contributed by atoms with E-state index in [2.05, 4.69) is 35.8 Å². The number of nitrogens with zero attached hydrogens (tertiary/aromatic N) is 5. The second-order valence-corrected chi connectivity index (χ2v) is 8.65. The van der Waals surface area contributed by atoms with Gasteiger partial charge in [0.05, 0.1) is 0 Å². The van der Waals surface area contributed by atoms with Gasteiger partial charge in [0.2, 0.25) is 11.8 Å². The number of amides is 3. The van der Waals surface area contributed by atoms with Crippen molar-refractivity contribution in [2.75, 3.05) is 36.4 Å². The molecule has 11 heteroatoms. The lowest BCUT2D eigenvalue weighted by molar-refractivity contribution is -0.125. The second kappa shape index (κ2) is 11.4. The van der Waals surface area contributed by atoms with Crippen LogP contribution in [0, 0.1) is 12.8 Å². The first-order valence-corrected chi connectivity index (χ1v) is 11.9. The van der Waals surface area contributed by atoms with Crippen LogP contribution in [0.25, 0.3) is 5.82 Å². The van der Waals surface area contributed by atoms with Crippen molar-refractivity contribution in [3.8, 4) is 5.82 Å². The second-order valence-electron chi connectivity index (χ2n) is 8.65. The van der Waals surface area contributed by atoms with Gasteiger partial charge in [-0.25, -0.2) is 15.0 Å². The third-order valence-corrected chi connectivity index (χ3v) is 6.08. The molecule has 3 aromatic rings. The van der Waals surface area contributed by atoms with E-state index in [0.717, 1.165) is 43.4 Å². The fourth-order valence-electron chi connectivity index (χ4n) is 4.15. The van der Waals surface area contributed by atoms with Crippen LogP contribution in [-0.2, 0) is 9.59 Å². The van der Waals surface area contributed by atoms with Gasteiger partial charge in [-0.2, -0.15) is 0 Å². The number of aromatic nitrogens is 4. The molecule has 1 aliphatic heterocycles. The topological polar surface area (TPSA) is 134 Å². The van der Waals surface area contributed by atoms with Crippen LogP contribution in [0.2, 0.25) is 0 Å². The van der Waals surface area contributed by atoms with Gasteiger partial charge in [-0.1, -0.05) is 0 Å². The Kier molecular flexibility index (Phi) is 7.89. The van der Waals surface area contributed by atoms with E-state index in [1.54, 1.807) is 36.8 Å². The Labute approximate surface area is 209 Å². The van der Waals surface area contributed by atoms with Gasteiger partial charge < -0.3 is 20.9 Å². The maximum atomic E-state index is 12.6. The van der Waals surface area contributed by atoms with Crippen molar-refractivity contribution in [3.63, 3.8) is 0 Å². The van der Waals surface area contributed by atoms with Crippen LogP contribution < -0.4 is 20.9 Å². The molecule has 11 nitrogen and oxygen atoms in total. The molecule has 0 aliphatic carbocycles. The summed E-state index contributed by atoms with van der Waals surface area (Å²) in [6, 6.07) is 8.57. The molecule has 3 N–H and O–H groups in total. The molecule has 0 atom stereocenters. The number of hydrogen-bond acceptors (Lipinski definition) is 7. The largest absolute Gasteiger partial charge is 0.356 e. The monoisotopic (exact) mass is 490 g/mol. The van der Waals surface area contributed by atoms with Crippen LogP contribution in [-0.4, -0.2) is 63.4 Å². The van der Waals surface area contributed by atoms with Crippen LogP contribution in [0.5, 0.6) is 0 Å². The highest BCUT2D eigenvalue weighted by Crippen LogP contribution is 2.23. The minimum absolute atomic E-state index is 0.000904. The molecular weight excluding hydrogens is 460 g/mol. The summed E-state index contributed by atoms with van der Waals surface area (Å²) in [4.78, 5) is 51.1. The highest BCUT2D eigenvalue weighted by atomic mass is 16.2. The van der Waals surface area contributed by atoms with Gasteiger partial charge in [-0.3, -0.25) is 19.0 Å². The molecule has 0 saturated carbocycles. The highest BCUT2D eigenvalue weighted by Gasteiger charge is 2.25. The number of carbonyl (C=O) groups excluding carboxylic acids is 3. The lowest BCUT2D eigenvalue weighted by atomic mass is 9.96. The first-order valence-electron chi connectivity index (χ1n) is 11.9. The third-order valence-electron chi connectivity index (χ3n) is 6.08. The first kappa shape index (κ1) is 24.8. The molecule has 0 spiro atoms. The molecule has 1 aromatic carbocycles. The molecular formula is C25H30N8O3. The average Bonchev–Trinajstić information content (AvgIpc) is 3.32. The lowest BCUT2D eigenvalue weighted by Gasteiger charge is -2.32. The summed E-state index contributed by atoms with van der Waals surface area (Å²) in [5.74, 6) is 1.97. The minimum atomic E-state index is -0.234. The lowest BCUT2D eigenvalue weighted by Crippen LogP contribution is -2.42. The van der Waals surface area contributed by atoms with E-state index in [1.807, 2.05) is 23.8 Å². The number of rotatable bonds is 8. The SMILES string of the molecule is CC(=O)Nc1ccc(C(=O)NCCNC(=O)C2CCN(c3cc(-n4ccnc4C)ncn3)CC2)cc1. The average molecular weight is 491 g/mol. The summed E-state index contributed by atoms with van der Waals surface area (Å²) < 4.78 is 1.91. The summed E-state index contributed by atoms with van der Waals surface area (Å²) in [5, 5.41) is 8.38. The zero-order chi connectivity index (χ0) is 25.5. The van der Waals surface area contributed by atoms with Gasteiger partial charge >= 0.3 is 0 Å². The van der Waals surface area contributed by atoms with Crippen molar-refractivity contribution in [2.45, 2.75) is 26.7 Å². The maximum absolute atomic E-state index is 12.6. The number of carbonyl (C=O) groups is 3. The molecule has 0 unspecified atom stereocenters. The van der Waals surface area contributed by atoms with E-state index in [4.69, 9.17) is 0 Å². The molecule has 2 aromatic heterocycles. The Bertz CT molecular complexity index is 1220. The van der Waals surface area contributed by atoms with Gasteiger partial charge in [-0.05, 0) is 44.0 Å². The number of piperidine rings is 1. The van der Waals surface area contributed by atoms with E-state index < -0.39 is 0 Å². The van der Waals surface area contributed by atoms with Crippen LogP contribution in [0.3, 0.4) is 0 Å². The summed E-state index contributed by atoms with van der Waals surface area (Å²) >= 11 is 0. The minimum Gasteiger partial charge on any atom is -0.356 e. The van der Waals surface area contributed by atoms with E-state index in [1.165, 1.54) is 6.92 Å². The Balaban J connectivity index is 1.19. The van der Waals surface area contributed by atoms with Gasteiger partial charge in [0, 0.05) is 68.7 Å². The van der Waals surface area contributed by atoms with Crippen LogP contribution in [0.1, 0.15) is 35.9 Å². The number of imidazole rings is 1. The van der Waals surface area contributed by atoms with Gasteiger partial charge in [0.15, 0.2) is 0 Å².